The van der Waals surface area contributed by atoms with Crippen molar-refractivity contribution >= 4 is 60.4 Å². The van der Waals surface area contributed by atoms with E-state index in [1.165, 1.54) is 11.3 Å². The molecule has 0 aliphatic rings. The van der Waals surface area contributed by atoms with Crippen LogP contribution in [0, 0.1) is 0 Å². The number of halogens is 1. The average Bonchev–Trinajstić information content (AvgIpc) is 3.10. The van der Waals surface area contributed by atoms with Crippen LogP contribution in [0.2, 0.25) is 5.02 Å². The van der Waals surface area contributed by atoms with E-state index in [2.05, 4.69) is 0 Å². The molecule has 98 valence electrons. The van der Waals surface area contributed by atoms with Crippen LogP contribution >= 0.6 is 34.3 Å². The predicted molar refractivity (Wildman–Crippen MR) is 84.4 cm³/mol. The van der Waals surface area contributed by atoms with Crippen LogP contribution in [0.3, 0.4) is 0 Å². The first-order valence-electron chi connectivity index (χ1n) is 5.91. The van der Waals surface area contributed by atoms with Crippen molar-refractivity contribution in [3.05, 3.63) is 57.4 Å². The molecule has 4 rings (SSSR count). The van der Waals surface area contributed by atoms with Crippen molar-refractivity contribution in [2.45, 2.75) is 0 Å². The predicted octanol–water partition coefficient (Wildman–Crippen LogP) is 5.59. The highest BCUT2D eigenvalue weighted by atomic mass is 35.5. The zero-order chi connectivity index (χ0) is 13.7. The van der Waals surface area contributed by atoms with Gasteiger partial charge in [-0.2, -0.15) is 0 Å². The van der Waals surface area contributed by atoms with Gasteiger partial charge in [0.1, 0.15) is 5.58 Å². The van der Waals surface area contributed by atoms with Gasteiger partial charge < -0.3 is 4.42 Å². The number of thiophene rings is 2. The minimum Gasteiger partial charge on any atom is -0.453 e. The quantitative estimate of drug-likeness (QED) is 0.451. The summed E-state index contributed by atoms with van der Waals surface area (Å²) in [4.78, 5) is 13.2. The Morgan fingerprint density at radius 3 is 2.85 bits per heavy atom. The van der Waals surface area contributed by atoms with Gasteiger partial charge in [0.2, 0.25) is 5.78 Å². The number of rotatable bonds is 2. The zero-order valence-corrected chi connectivity index (χ0v) is 12.4. The Hall–Kier alpha value is -1.62. The van der Waals surface area contributed by atoms with Crippen molar-refractivity contribution in [3.63, 3.8) is 0 Å². The summed E-state index contributed by atoms with van der Waals surface area (Å²) in [5.74, 6) is 0.280. The molecule has 4 aromatic rings. The number of carbonyl (C=O) groups is 1. The van der Waals surface area contributed by atoms with Crippen molar-refractivity contribution < 1.29 is 9.21 Å². The molecular weight excluding hydrogens is 312 g/mol. The fourth-order valence-electron chi connectivity index (χ4n) is 2.13. The smallest absolute Gasteiger partial charge is 0.238 e. The van der Waals surface area contributed by atoms with E-state index in [1.807, 2.05) is 17.5 Å². The van der Waals surface area contributed by atoms with E-state index in [0.29, 0.717) is 21.2 Å². The highest BCUT2D eigenvalue weighted by molar-refractivity contribution is 7.28. The summed E-state index contributed by atoms with van der Waals surface area (Å²) in [6, 6.07) is 11.0. The molecule has 0 saturated heterocycles. The molecule has 0 spiro atoms. The maximum Gasteiger partial charge on any atom is 0.238 e. The summed E-state index contributed by atoms with van der Waals surface area (Å²) in [5.41, 5.74) is 0.677. The third-order valence-electron chi connectivity index (χ3n) is 3.07. The number of fused-ring (bicyclic) bond motifs is 2. The fourth-order valence-corrected chi connectivity index (χ4v) is 4.36. The Balaban J connectivity index is 1.81. The largest absolute Gasteiger partial charge is 0.453 e. The Labute approximate surface area is 127 Å². The Morgan fingerprint density at radius 2 is 2.00 bits per heavy atom. The minimum atomic E-state index is -0.0780. The zero-order valence-electron chi connectivity index (χ0n) is 10.1. The van der Waals surface area contributed by atoms with Gasteiger partial charge in [0, 0.05) is 19.8 Å². The third-order valence-corrected chi connectivity index (χ3v) is 5.39. The highest BCUT2D eigenvalue weighted by Gasteiger charge is 2.17. The van der Waals surface area contributed by atoms with E-state index in [9.17, 15) is 4.79 Å². The lowest BCUT2D eigenvalue weighted by Crippen LogP contribution is -1.95. The standard InChI is InChI=1S/C15H7ClO2S2/c16-9-1-2-10-8(5-9)6-11(18-10)15(17)14-7-13-12(20-14)3-4-19-13/h1-7H. The molecule has 3 heterocycles. The van der Waals surface area contributed by atoms with Crippen LogP contribution in [0.1, 0.15) is 15.4 Å². The van der Waals surface area contributed by atoms with Gasteiger partial charge in [-0.25, -0.2) is 0 Å². The Kier molecular flexibility index (Phi) is 2.70. The molecule has 0 aliphatic heterocycles. The molecular formula is C15H7ClO2S2. The molecule has 0 unspecified atom stereocenters. The minimum absolute atomic E-state index is 0.0780. The van der Waals surface area contributed by atoms with E-state index < -0.39 is 0 Å². The Bertz CT molecular complexity index is 917. The summed E-state index contributed by atoms with van der Waals surface area (Å²) in [6.45, 7) is 0. The molecule has 3 aromatic heterocycles. The number of carbonyl (C=O) groups excluding carboxylic acids is 1. The maximum absolute atomic E-state index is 12.5. The highest BCUT2D eigenvalue weighted by Crippen LogP contribution is 2.32. The van der Waals surface area contributed by atoms with Gasteiger partial charge in [0.15, 0.2) is 5.76 Å². The SMILES string of the molecule is O=C(c1cc2cc(Cl)ccc2o1)c1cc2sccc2s1. The molecule has 0 saturated carbocycles. The molecule has 0 aliphatic carbocycles. The monoisotopic (exact) mass is 318 g/mol. The van der Waals surface area contributed by atoms with E-state index >= 15 is 0 Å². The first-order chi connectivity index (χ1) is 9.70. The van der Waals surface area contributed by atoms with Crippen molar-refractivity contribution in [3.8, 4) is 0 Å². The second kappa shape index (κ2) is 4.45. The lowest BCUT2D eigenvalue weighted by atomic mass is 10.2. The molecule has 0 amide bonds. The molecule has 0 bridgehead atoms. The van der Waals surface area contributed by atoms with Gasteiger partial charge >= 0.3 is 0 Å². The molecule has 20 heavy (non-hydrogen) atoms. The van der Waals surface area contributed by atoms with Gasteiger partial charge in [-0.1, -0.05) is 11.6 Å². The van der Waals surface area contributed by atoms with Crippen LogP contribution in [-0.4, -0.2) is 5.78 Å². The van der Waals surface area contributed by atoms with Crippen LogP contribution in [-0.2, 0) is 0 Å². The van der Waals surface area contributed by atoms with E-state index in [-0.39, 0.29) is 5.78 Å². The van der Waals surface area contributed by atoms with Crippen molar-refractivity contribution in [2.75, 3.05) is 0 Å². The van der Waals surface area contributed by atoms with Crippen LogP contribution in [0.15, 0.2) is 46.2 Å². The van der Waals surface area contributed by atoms with Gasteiger partial charge in [-0.05, 0) is 41.8 Å². The summed E-state index contributed by atoms with van der Waals surface area (Å²) >= 11 is 9.07. The molecule has 1 aromatic carbocycles. The summed E-state index contributed by atoms with van der Waals surface area (Å²) in [7, 11) is 0. The van der Waals surface area contributed by atoms with Crippen LogP contribution in [0.5, 0.6) is 0 Å². The van der Waals surface area contributed by atoms with Gasteiger partial charge in [-0.3, -0.25) is 4.79 Å². The van der Waals surface area contributed by atoms with Gasteiger partial charge in [-0.15, -0.1) is 22.7 Å². The van der Waals surface area contributed by atoms with Gasteiger partial charge in [0.05, 0.1) is 4.88 Å². The number of hydrogen-bond donors (Lipinski definition) is 0. The summed E-state index contributed by atoms with van der Waals surface area (Å²) in [5, 5.41) is 3.51. The lowest BCUT2D eigenvalue weighted by Gasteiger charge is -1.90. The molecule has 2 nitrogen and oxygen atoms in total. The number of benzene rings is 1. The summed E-state index contributed by atoms with van der Waals surface area (Å²) < 4.78 is 7.89. The van der Waals surface area contributed by atoms with Crippen molar-refractivity contribution in [2.24, 2.45) is 0 Å². The lowest BCUT2D eigenvalue weighted by molar-refractivity contribution is 0.101. The number of ketones is 1. The Morgan fingerprint density at radius 1 is 1.10 bits per heavy atom. The molecule has 0 radical (unpaired) electrons. The van der Waals surface area contributed by atoms with Crippen molar-refractivity contribution in [1.82, 2.24) is 0 Å². The van der Waals surface area contributed by atoms with Crippen molar-refractivity contribution in [1.29, 1.82) is 0 Å². The van der Waals surface area contributed by atoms with Crippen LogP contribution in [0.25, 0.3) is 20.4 Å². The maximum atomic E-state index is 12.5. The van der Waals surface area contributed by atoms with E-state index in [1.54, 1.807) is 35.6 Å². The molecule has 5 heteroatoms. The average molecular weight is 319 g/mol. The second-order valence-electron chi connectivity index (χ2n) is 4.38. The first-order valence-corrected chi connectivity index (χ1v) is 7.99. The molecule has 0 N–H and O–H groups in total. The molecule has 0 atom stereocenters. The number of hydrogen-bond acceptors (Lipinski definition) is 4. The second-order valence-corrected chi connectivity index (χ2v) is 6.85. The third kappa shape index (κ3) is 1.88. The normalized spacial score (nSPS) is 11.4. The molecule has 0 fully saturated rings. The fraction of sp³-hybridized carbons (Fsp3) is 0. The van der Waals surface area contributed by atoms with Crippen LogP contribution < -0.4 is 0 Å². The number of furan rings is 1. The van der Waals surface area contributed by atoms with E-state index in [0.717, 1.165) is 14.8 Å². The topological polar surface area (TPSA) is 30.2 Å². The van der Waals surface area contributed by atoms with Gasteiger partial charge in [0.25, 0.3) is 0 Å². The first kappa shape index (κ1) is 12.1. The summed E-state index contributed by atoms with van der Waals surface area (Å²) in [6.07, 6.45) is 0. The van der Waals surface area contributed by atoms with E-state index in [4.69, 9.17) is 16.0 Å². The van der Waals surface area contributed by atoms with Crippen LogP contribution in [0.4, 0.5) is 0 Å².